The van der Waals surface area contributed by atoms with Crippen molar-refractivity contribution < 1.29 is 4.79 Å². The molecule has 2 aromatic rings. The van der Waals surface area contributed by atoms with Crippen LogP contribution in [0.3, 0.4) is 0 Å². The van der Waals surface area contributed by atoms with Crippen LogP contribution in [0.2, 0.25) is 0 Å². The van der Waals surface area contributed by atoms with Gasteiger partial charge in [0.1, 0.15) is 0 Å². The van der Waals surface area contributed by atoms with Crippen LogP contribution in [0.1, 0.15) is 19.3 Å². The van der Waals surface area contributed by atoms with Crippen molar-refractivity contribution in [2.75, 3.05) is 11.9 Å². The van der Waals surface area contributed by atoms with Crippen molar-refractivity contribution in [3.63, 3.8) is 0 Å². The third-order valence-corrected chi connectivity index (χ3v) is 5.05. The van der Waals surface area contributed by atoms with Crippen LogP contribution in [0.15, 0.2) is 36.5 Å². The van der Waals surface area contributed by atoms with Crippen molar-refractivity contribution in [2.45, 2.75) is 19.3 Å². The van der Waals surface area contributed by atoms with Gasteiger partial charge in [0.05, 0.1) is 4.88 Å². The van der Waals surface area contributed by atoms with E-state index in [0.717, 1.165) is 29.7 Å². The summed E-state index contributed by atoms with van der Waals surface area (Å²) in [5.41, 5.74) is 6.86. The summed E-state index contributed by atoms with van der Waals surface area (Å²) in [6, 6.07) is 10.1. The second-order valence-corrected chi connectivity index (χ2v) is 6.45. The Hall–Kier alpha value is -1.72. The molecule has 1 aliphatic carbocycles. The van der Waals surface area contributed by atoms with Gasteiger partial charge in [0.25, 0.3) is 0 Å². The molecule has 3 rings (SSSR count). The highest BCUT2D eigenvalue weighted by Crippen LogP contribution is 2.33. The minimum absolute atomic E-state index is 0.0408. The largest absolute Gasteiger partial charge is 0.330 e. The Morgan fingerprint density at radius 3 is 2.90 bits per heavy atom. The van der Waals surface area contributed by atoms with Crippen LogP contribution in [0, 0.1) is 11.8 Å². The summed E-state index contributed by atoms with van der Waals surface area (Å²) in [6.45, 7) is 0.589. The Morgan fingerprint density at radius 2 is 2.14 bits per heavy atom. The van der Waals surface area contributed by atoms with Gasteiger partial charge in [-0.2, -0.15) is 0 Å². The van der Waals surface area contributed by atoms with Crippen molar-refractivity contribution in [1.82, 2.24) is 4.98 Å². The fraction of sp³-hybridized carbons (Fsp3) is 0.375. The van der Waals surface area contributed by atoms with Gasteiger partial charge >= 0.3 is 0 Å². The average Bonchev–Trinajstić information content (AvgIpc) is 3.16. The molecular formula is C16H19N3OS. The summed E-state index contributed by atoms with van der Waals surface area (Å²) in [5.74, 6) is 0.426. The number of hydrogen-bond donors (Lipinski definition) is 2. The third kappa shape index (κ3) is 3.14. The van der Waals surface area contributed by atoms with Gasteiger partial charge in [0.2, 0.25) is 5.91 Å². The van der Waals surface area contributed by atoms with E-state index in [0.29, 0.717) is 17.6 Å². The Morgan fingerprint density at radius 1 is 1.33 bits per heavy atom. The molecule has 0 unspecified atom stereocenters. The number of carbonyl (C=O) groups is 1. The topological polar surface area (TPSA) is 68.0 Å². The summed E-state index contributed by atoms with van der Waals surface area (Å²) in [4.78, 5) is 17.7. The maximum atomic E-state index is 12.3. The highest BCUT2D eigenvalue weighted by Gasteiger charge is 2.32. The normalized spacial score (nSPS) is 21.4. The molecule has 1 aliphatic rings. The predicted octanol–water partition coefficient (Wildman–Crippen LogP) is 3.12. The first-order valence-electron chi connectivity index (χ1n) is 7.30. The van der Waals surface area contributed by atoms with E-state index < -0.39 is 0 Å². The van der Waals surface area contributed by atoms with E-state index in [1.807, 2.05) is 36.5 Å². The second-order valence-electron chi connectivity index (χ2n) is 5.42. The number of hydrogen-bond acceptors (Lipinski definition) is 4. The first-order chi connectivity index (χ1) is 10.3. The summed E-state index contributed by atoms with van der Waals surface area (Å²) < 4.78 is 0. The van der Waals surface area contributed by atoms with Gasteiger partial charge in [-0.05, 0) is 30.9 Å². The number of benzene rings is 1. The number of rotatable bonds is 4. The predicted molar refractivity (Wildman–Crippen MR) is 86.1 cm³/mol. The van der Waals surface area contributed by atoms with Crippen LogP contribution in [0.5, 0.6) is 0 Å². The molecule has 0 spiro atoms. The monoisotopic (exact) mass is 301 g/mol. The first kappa shape index (κ1) is 14.2. The van der Waals surface area contributed by atoms with Crippen LogP contribution in [-0.4, -0.2) is 17.4 Å². The number of amides is 1. The lowest BCUT2D eigenvalue weighted by Crippen LogP contribution is -2.29. The van der Waals surface area contributed by atoms with Gasteiger partial charge in [0.15, 0.2) is 5.13 Å². The van der Waals surface area contributed by atoms with Crippen molar-refractivity contribution in [3.8, 4) is 10.4 Å². The van der Waals surface area contributed by atoms with Crippen LogP contribution >= 0.6 is 11.3 Å². The Balaban J connectivity index is 1.69. The zero-order chi connectivity index (χ0) is 14.7. The van der Waals surface area contributed by atoms with Gasteiger partial charge in [-0.1, -0.05) is 48.1 Å². The van der Waals surface area contributed by atoms with E-state index in [4.69, 9.17) is 5.73 Å². The zero-order valence-corrected chi connectivity index (χ0v) is 12.6. The summed E-state index contributed by atoms with van der Waals surface area (Å²) in [7, 11) is 0. The lowest BCUT2D eigenvalue weighted by Gasteiger charge is -2.16. The summed E-state index contributed by atoms with van der Waals surface area (Å²) in [6.07, 6.45) is 4.89. The van der Waals surface area contributed by atoms with E-state index in [9.17, 15) is 4.79 Å². The third-order valence-electron chi connectivity index (χ3n) is 4.09. The number of nitrogens with two attached hydrogens (primary N) is 1. The standard InChI is InChI=1S/C16H19N3OS/c17-9-12-7-4-8-13(12)15(20)19-16-18-10-14(21-16)11-5-2-1-3-6-11/h1-3,5-6,10,12-13H,4,7-9,17H2,(H,18,19,20)/t12-,13-/m1/s1. The molecule has 0 aliphatic heterocycles. The molecule has 4 nitrogen and oxygen atoms in total. The fourth-order valence-electron chi connectivity index (χ4n) is 2.93. The molecule has 21 heavy (non-hydrogen) atoms. The molecule has 1 amide bonds. The van der Waals surface area contributed by atoms with Crippen LogP contribution in [0.4, 0.5) is 5.13 Å². The highest BCUT2D eigenvalue weighted by molar-refractivity contribution is 7.19. The Bertz CT molecular complexity index is 611. The number of thiazole rings is 1. The van der Waals surface area contributed by atoms with Crippen molar-refractivity contribution in [2.24, 2.45) is 17.6 Å². The number of nitrogens with zero attached hydrogens (tertiary/aromatic N) is 1. The summed E-state index contributed by atoms with van der Waals surface area (Å²) in [5, 5.41) is 3.62. The van der Waals surface area contributed by atoms with Crippen LogP contribution < -0.4 is 11.1 Å². The molecule has 0 radical (unpaired) electrons. The molecule has 1 heterocycles. The minimum atomic E-state index is 0.0408. The number of carbonyl (C=O) groups excluding carboxylic acids is 1. The van der Waals surface area contributed by atoms with Crippen LogP contribution in [0.25, 0.3) is 10.4 Å². The summed E-state index contributed by atoms with van der Waals surface area (Å²) >= 11 is 1.51. The van der Waals surface area contributed by atoms with Gasteiger partial charge in [0, 0.05) is 12.1 Å². The van der Waals surface area contributed by atoms with Crippen molar-refractivity contribution in [1.29, 1.82) is 0 Å². The molecule has 1 aromatic heterocycles. The van der Waals surface area contributed by atoms with Crippen molar-refractivity contribution >= 4 is 22.4 Å². The lowest BCUT2D eigenvalue weighted by atomic mass is 9.95. The van der Waals surface area contributed by atoms with Gasteiger partial charge in [-0.15, -0.1) is 0 Å². The van der Waals surface area contributed by atoms with Gasteiger partial charge < -0.3 is 11.1 Å². The molecule has 1 saturated carbocycles. The highest BCUT2D eigenvalue weighted by atomic mass is 32.1. The molecule has 110 valence electrons. The molecule has 1 fully saturated rings. The van der Waals surface area contributed by atoms with E-state index in [1.165, 1.54) is 11.3 Å². The molecule has 1 aromatic carbocycles. The maximum absolute atomic E-state index is 12.3. The smallest absolute Gasteiger partial charge is 0.229 e. The number of aromatic nitrogens is 1. The second kappa shape index (κ2) is 6.37. The first-order valence-corrected chi connectivity index (χ1v) is 8.12. The maximum Gasteiger partial charge on any atom is 0.229 e. The van der Waals surface area contributed by atoms with Gasteiger partial charge in [-0.3, -0.25) is 4.79 Å². The number of anilines is 1. The minimum Gasteiger partial charge on any atom is -0.330 e. The SMILES string of the molecule is NC[C@H]1CCC[C@H]1C(=O)Nc1ncc(-c2ccccc2)s1. The quantitative estimate of drug-likeness (QED) is 0.911. The van der Waals surface area contributed by atoms with Gasteiger partial charge in [-0.25, -0.2) is 4.98 Å². The van der Waals surface area contributed by atoms with Crippen LogP contribution in [-0.2, 0) is 4.79 Å². The van der Waals surface area contributed by atoms with E-state index in [2.05, 4.69) is 10.3 Å². The van der Waals surface area contributed by atoms with Crippen molar-refractivity contribution in [3.05, 3.63) is 36.5 Å². The Labute approximate surface area is 128 Å². The Kier molecular flexibility index (Phi) is 4.31. The molecule has 3 N–H and O–H groups in total. The fourth-order valence-corrected chi connectivity index (χ4v) is 3.75. The van der Waals surface area contributed by atoms with E-state index in [-0.39, 0.29) is 11.8 Å². The average molecular weight is 301 g/mol. The van der Waals surface area contributed by atoms with E-state index in [1.54, 1.807) is 0 Å². The number of nitrogens with one attached hydrogen (secondary N) is 1. The lowest BCUT2D eigenvalue weighted by molar-refractivity contribution is -0.120. The molecule has 5 heteroatoms. The zero-order valence-electron chi connectivity index (χ0n) is 11.8. The molecule has 2 atom stereocenters. The van der Waals surface area contributed by atoms with E-state index >= 15 is 0 Å². The molecular weight excluding hydrogens is 282 g/mol. The molecule has 0 bridgehead atoms. The molecule has 0 saturated heterocycles.